The molecule has 1 aliphatic rings. The van der Waals surface area contributed by atoms with Crippen molar-refractivity contribution in [2.45, 2.75) is 12.2 Å². The summed E-state index contributed by atoms with van der Waals surface area (Å²) in [5.41, 5.74) is 1.87. The van der Waals surface area contributed by atoms with Gasteiger partial charge in [0.2, 0.25) is 0 Å². The van der Waals surface area contributed by atoms with E-state index in [1.165, 1.54) is 0 Å². The minimum Gasteiger partial charge on any atom is -0.451 e. The summed E-state index contributed by atoms with van der Waals surface area (Å²) in [6.45, 7) is 0. The molecule has 4 nitrogen and oxygen atoms in total. The Morgan fingerprint density at radius 2 is 2.06 bits per heavy atom. The fourth-order valence-corrected chi connectivity index (χ4v) is 2.13. The Bertz CT molecular complexity index is 583. The van der Waals surface area contributed by atoms with E-state index in [1.807, 2.05) is 6.07 Å². The average molecular weight is 241 g/mol. The zero-order chi connectivity index (χ0) is 12.5. The van der Waals surface area contributed by atoms with Crippen LogP contribution in [0.5, 0.6) is 0 Å². The van der Waals surface area contributed by atoms with E-state index in [-0.39, 0.29) is 0 Å². The van der Waals surface area contributed by atoms with Crippen molar-refractivity contribution in [3.63, 3.8) is 0 Å². The number of esters is 1. The molecule has 2 aromatic rings. The van der Waals surface area contributed by atoms with E-state index in [0.717, 1.165) is 5.56 Å². The van der Waals surface area contributed by atoms with E-state index in [1.54, 1.807) is 42.7 Å². The zero-order valence-electron chi connectivity index (χ0n) is 9.48. The zero-order valence-corrected chi connectivity index (χ0v) is 9.48. The van der Waals surface area contributed by atoms with Crippen LogP contribution in [-0.2, 0) is 4.74 Å². The number of rotatable bonds is 2. The second-order valence-corrected chi connectivity index (χ2v) is 4.14. The van der Waals surface area contributed by atoms with Crippen molar-refractivity contribution in [2.75, 3.05) is 0 Å². The van der Waals surface area contributed by atoms with Crippen molar-refractivity contribution in [2.24, 2.45) is 0 Å². The first-order valence-corrected chi connectivity index (χ1v) is 5.65. The highest BCUT2D eigenvalue weighted by Gasteiger charge is 2.36. The molecule has 0 aliphatic carbocycles. The van der Waals surface area contributed by atoms with Crippen LogP contribution in [0.4, 0.5) is 0 Å². The number of aromatic nitrogens is 1. The lowest BCUT2D eigenvalue weighted by molar-refractivity contribution is -0.0103. The summed E-state index contributed by atoms with van der Waals surface area (Å²) in [7, 11) is 0. The molecular weight excluding hydrogens is 230 g/mol. The number of carbonyl (C=O) groups is 1. The molecule has 0 unspecified atom stereocenters. The number of hydrogen-bond donors (Lipinski definition) is 1. The third-order valence-electron chi connectivity index (χ3n) is 3.03. The molecule has 18 heavy (non-hydrogen) atoms. The summed E-state index contributed by atoms with van der Waals surface area (Å²) < 4.78 is 5.23. The van der Waals surface area contributed by atoms with Gasteiger partial charge in [0, 0.05) is 23.5 Å². The van der Waals surface area contributed by atoms with Gasteiger partial charge in [0.25, 0.3) is 0 Å². The Morgan fingerprint density at radius 1 is 1.22 bits per heavy atom. The summed E-state index contributed by atoms with van der Waals surface area (Å²) in [5, 5.41) is 10.3. The van der Waals surface area contributed by atoms with Gasteiger partial charge in [-0.05, 0) is 12.1 Å². The first-order chi connectivity index (χ1) is 8.77. The van der Waals surface area contributed by atoms with Crippen LogP contribution in [0.3, 0.4) is 0 Å². The molecule has 90 valence electrons. The lowest BCUT2D eigenvalue weighted by atomic mass is 9.98. The van der Waals surface area contributed by atoms with Crippen molar-refractivity contribution in [1.29, 1.82) is 0 Å². The third kappa shape index (κ3) is 1.67. The molecule has 1 aromatic carbocycles. The first-order valence-electron chi connectivity index (χ1n) is 5.65. The minimum atomic E-state index is -0.897. The fraction of sp³-hybridized carbons (Fsp3) is 0.143. The highest BCUT2D eigenvalue weighted by molar-refractivity contribution is 5.94. The predicted octanol–water partition coefficient (Wildman–Crippen LogP) is 2.03. The molecule has 0 radical (unpaired) electrons. The standard InChI is InChI=1S/C14H11NO3/c16-12(9-4-3-7-15-8-9)13-10-5-1-2-6-11(10)14(17)18-13/h1-8,12-13,16H/t12-,13-/m0/s1. The van der Waals surface area contributed by atoms with Gasteiger partial charge in [-0.25, -0.2) is 4.79 Å². The molecule has 0 amide bonds. The Balaban J connectivity index is 1.98. The normalized spacial score (nSPS) is 19.2. The summed E-state index contributed by atoms with van der Waals surface area (Å²) in [4.78, 5) is 15.6. The average Bonchev–Trinajstić information content (AvgIpc) is 2.77. The summed E-state index contributed by atoms with van der Waals surface area (Å²) in [5.74, 6) is -0.390. The van der Waals surface area contributed by atoms with Gasteiger partial charge in [0.05, 0.1) is 5.56 Å². The number of aliphatic hydroxyl groups excluding tert-OH is 1. The van der Waals surface area contributed by atoms with Crippen molar-refractivity contribution in [3.05, 3.63) is 65.5 Å². The molecule has 0 saturated heterocycles. The largest absolute Gasteiger partial charge is 0.451 e. The fourth-order valence-electron chi connectivity index (χ4n) is 2.13. The maximum Gasteiger partial charge on any atom is 0.339 e. The van der Waals surface area contributed by atoms with Crippen molar-refractivity contribution >= 4 is 5.97 Å². The van der Waals surface area contributed by atoms with Crippen molar-refractivity contribution in [1.82, 2.24) is 4.98 Å². The van der Waals surface area contributed by atoms with Gasteiger partial charge in [0.1, 0.15) is 6.10 Å². The first kappa shape index (κ1) is 10.9. The van der Waals surface area contributed by atoms with E-state index in [2.05, 4.69) is 4.98 Å². The number of hydrogen-bond acceptors (Lipinski definition) is 4. The lowest BCUT2D eigenvalue weighted by Crippen LogP contribution is -2.11. The van der Waals surface area contributed by atoms with Crippen LogP contribution in [0.15, 0.2) is 48.8 Å². The number of nitrogens with zero attached hydrogens (tertiary/aromatic N) is 1. The van der Waals surface area contributed by atoms with Gasteiger partial charge in [-0.3, -0.25) is 4.98 Å². The van der Waals surface area contributed by atoms with Crippen molar-refractivity contribution in [3.8, 4) is 0 Å². The molecule has 3 rings (SSSR count). The topological polar surface area (TPSA) is 59.4 Å². The van der Waals surface area contributed by atoms with Crippen LogP contribution in [0.1, 0.15) is 33.7 Å². The van der Waals surface area contributed by atoms with Crippen LogP contribution >= 0.6 is 0 Å². The van der Waals surface area contributed by atoms with Gasteiger partial charge in [-0.15, -0.1) is 0 Å². The van der Waals surface area contributed by atoms with Crippen LogP contribution in [0.2, 0.25) is 0 Å². The van der Waals surface area contributed by atoms with Gasteiger partial charge >= 0.3 is 5.97 Å². The number of fused-ring (bicyclic) bond motifs is 1. The highest BCUT2D eigenvalue weighted by atomic mass is 16.6. The Hall–Kier alpha value is -2.20. The second-order valence-electron chi connectivity index (χ2n) is 4.14. The maximum atomic E-state index is 11.7. The summed E-state index contributed by atoms with van der Waals surface area (Å²) in [6.07, 6.45) is 1.65. The highest BCUT2D eigenvalue weighted by Crippen LogP contribution is 2.38. The number of cyclic esters (lactones) is 1. The minimum absolute atomic E-state index is 0.390. The second kappa shape index (κ2) is 4.23. The molecule has 1 aliphatic heterocycles. The van der Waals surface area contributed by atoms with Crippen molar-refractivity contribution < 1.29 is 14.6 Å². The molecule has 0 fully saturated rings. The van der Waals surface area contributed by atoms with E-state index >= 15 is 0 Å². The van der Waals surface area contributed by atoms with E-state index in [9.17, 15) is 9.90 Å². The third-order valence-corrected chi connectivity index (χ3v) is 3.03. The Morgan fingerprint density at radius 3 is 2.83 bits per heavy atom. The lowest BCUT2D eigenvalue weighted by Gasteiger charge is -2.17. The number of aliphatic hydroxyl groups is 1. The monoisotopic (exact) mass is 241 g/mol. The van der Waals surface area contributed by atoms with Crippen LogP contribution in [-0.4, -0.2) is 16.1 Å². The smallest absolute Gasteiger partial charge is 0.339 e. The molecule has 1 aromatic heterocycles. The Labute approximate surface area is 104 Å². The van der Waals surface area contributed by atoms with Crippen LogP contribution in [0, 0.1) is 0 Å². The van der Waals surface area contributed by atoms with Gasteiger partial charge in [-0.1, -0.05) is 24.3 Å². The molecule has 0 saturated carbocycles. The number of pyridine rings is 1. The molecular formula is C14H11NO3. The van der Waals surface area contributed by atoms with Gasteiger partial charge in [0.15, 0.2) is 6.10 Å². The maximum absolute atomic E-state index is 11.7. The quantitative estimate of drug-likeness (QED) is 0.817. The summed E-state index contributed by atoms with van der Waals surface area (Å²) >= 11 is 0. The van der Waals surface area contributed by atoms with E-state index in [4.69, 9.17) is 4.74 Å². The summed E-state index contributed by atoms with van der Waals surface area (Å²) in [6, 6.07) is 10.6. The molecule has 2 heterocycles. The SMILES string of the molecule is O=C1O[C@H]([C@@H](O)c2cccnc2)c2ccccc21. The van der Waals surface area contributed by atoms with Crippen LogP contribution in [0.25, 0.3) is 0 Å². The molecule has 0 spiro atoms. The van der Waals surface area contributed by atoms with Gasteiger partial charge in [-0.2, -0.15) is 0 Å². The number of benzene rings is 1. The molecule has 4 heteroatoms. The number of carbonyl (C=O) groups excluding carboxylic acids is 1. The molecule has 0 bridgehead atoms. The molecule has 2 atom stereocenters. The van der Waals surface area contributed by atoms with E-state index < -0.39 is 18.2 Å². The van der Waals surface area contributed by atoms with Gasteiger partial charge < -0.3 is 9.84 Å². The predicted molar refractivity (Wildman–Crippen MR) is 63.8 cm³/mol. The molecule has 1 N–H and O–H groups in total. The van der Waals surface area contributed by atoms with Crippen LogP contribution < -0.4 is 0 Å². The Kier molecular flexibility index (Phi) is 2.57. The van der Waals surface area contributed by atoms with E-state index in [0.29, 0.717) is 11.1 Å². The number of ether oxygens (including phenoxy) is 1.